The summed E-state index contributed by atoms with van der Waals surface area (Å²) in [6.45, 7) is 7.53. The second-order valence-electron chi connectivity index (χ2n) is 4.32. The lowest BCUT2D eigenvalue weighted by Gasteiger charge is -2.18. The molecule has 0 saturated heterocycles. The van der Waals surface area contributed by atoms with Crippen LogP contribution in [-0.4, -0.2) is 50.1 Å². The van der Waals surface area contributed by atoms with E-state index in [0.29, 0.717) is 25.7 Å². The van der Waals surface area contributed by atoms with Crippen molar-refractivity contribution in [2.75, 3.05) is 33.0 Å². The van der Waals surface area contributed by atoms with Crippen molar-refractivity contribution in [3.63, 3.8) is 0 Å². The van der Waals surface area contributed by atoms with E-state index in [0.717, 1.165) is 6.42 Å². The molecular weight excluding hydrogens is 222 g/mol. The Hall–Kier alpha value is -0.650. The highest BCUT2D eigenvalue weighted by Gasteiger charge is 2.08. The molecule has 0 aromatic carbocycles. The third-order valence-corrected chi connectivity index (χ3v) is 2.18. The van der Waals surface area contributed by atoms with Gasteiger partial charge in [0.05, 0.1) is 19.8 Å². The second-order valence-corrected chi connectivity index (χ2v) is 4.32. The van der Waals surface area contributed by atoms with Gasteiger partial charge in [0.1, 0.15) is 6.61 Å². The van der Waals surface area contributed by atoms with Gasteiger partial charge in [-0.05, 0) is 19.3 Å². The first-order valence-corrected chi connectivity index (χ1v) is 6.17. The van der Waals surface area contributed by atoms with Crippen molar-refractivity contribution in [1.29, 1.82) is 0 Å². The fraction of sp³-hybridized carbons (Fsp3) is 0.917. The topological polar surface area (TPSA) is 67.8 Å². The highest BCUT2D eigenvalue weighted by molar-refractivity contribution is 5.70. The Bertz CT molecular complexity index is 197. The van der Waals surface area contributed by atoms with Crippen LogP contribution in [0.1, 0.15) is 27.2 Å². The van der Waals surface area contributed by atoms with Crippen molar-refractivity contribution < 1.29 is 19.4 Å². The van der Waals surface area contributed by atoms with Crippen LogP contribution in [0.5, 0.6) is 0 Å². The minimum Gasteiger partial charge on any atom is -0.464 e. The Kier molecular flexibility index (Phi) is 10.1. The molecule has 5 nitrogen and oxygen atoms in total. The lowest BCUT2D eigenvalue weighted by Crippen LogP contribution is -2.36. The van der Waals surface area contributed by atoms with Crippen LogP contribution in [0.4, 0.5) is 0 Å². The third-order valence-electron chi connectivity index (χ3n) is 2.18. The van der Waals surface area contributed by atoms with E-state index in [2.05, 4.69) is 19.2 Å². The Balaban J connectivity index is 3.45. The Morgan fingerprint density at radius 3 is 2.65 bits per heavy atom. The summed E-state index contributed by atoms with van der Waals surface area (Å²) in [5.74, 6) is 0.202. The van der Waals surface area contributed by atoms with Gasteiger partial charge >= 0.3 is 5.97 Å². The van der Waals surface area contributed by atoms with Crippen LogP contribution in [-0.2, 0) is 14.3 Å². The van der Waals surface area contributed by atoms with Crippen LogP contribution in [0.2, 0.25) is 0 Å². The summed E-state index contributed by atoms with van der Waals surface area (Å²) in [5, 5.41) is 12.3. The molecule has 5 heteroatoms. The fourth-order valence-corrected chi connectivity index (χ4v) is 1.48. The molecule has 0 amide bonds. The van der Waals surface area contributed by atoms with E-state index in [1.165, 1.54) is 0 Å². The molecular formula is C12H25NO4. The number of carbonyl (C=O) groups is 1. The van der Waals surface area contributed by atoms with Gasteiger partial charge in [-0.1, -0.05) is 13.8 Å². The average Bonchev–Trinajstić information content (AvgIpc) is 2.26. The zero-order chi connectivity index (χ0) is 13.1. The molecule has 0 heterocycles. The Labute approximate surface area is 103 Å². The van der Waals surface area contributed by atoms with Gasteiger partial charge in [-0.3, -0.25) is 0 Å². The highest BCUT2D eigenvalue weighted by atomic mass is 16.6. The molecule has 0 bridgehead atoms. The molecule has 1 unspecified atom stereocenters. The molecule has 0 aromatic rings. The molecule has 0 spiro atoms. The molecule has 102 valence electrons. The largest absolute Gasteiger partial charge is 0.464 e. The second kappa shape index (κ2) is 10.5. The van der Waals surface area contributed by atoms with E-state index in [1.54, 1.807) is 6.92 Å². The number of ether oxygens (including phenoxy) is 2. The molecule has 0 aliphatic rings. The van der Waals surface area contributed by atoms with Gasteiger partial charge in [-0.15, -0.1) is 0 Å². The summed E-state index contributed by atoms with van der Waals surface area (Å²) in [7, 11) is 0. The minimum atomic E-state index is -0.339. The zero-order valence-corrected chi connectivity index (χ0v) is 11.1. The summed E-state index contributed by atoms with van der Waals surface area (Å²) in [6.07, 6.45) is 0.925. The van der Waals surface area contributed by atoms with Gasteiger partial charge in [0.2, 0.25) is 0 Å². The van der Waals surface area contributed by atoms with Gasteiger partial charge in [-0.2, -0.15) is 0 Å². The van der Waals surface area contributed by atoms with E-state index >= 15 is 0 Å². The maximum absolute atomic E-state index is 10.9. The van der Waals surface area contributed by atoms with Crippen molar-refractivity contribution in [2.45, 2.75) is 33.2 Å². The van der Waals surface area contributed by atoms with Gasteiger partial charge in [0.15, 0.2) is 0 Å². The average molecular weight is 247 g/mol. The molecule has 17 heavy (non-hydrogen) atoms. The van der Waals surface area contributed by atoms with Crippen LogP contribution in [0.25, 0.3) is 0 Å². The van der Waals surface area contributed by atoms with E-state index < -0.39 is 0 Å². The first kappa shape index (κ1) is 16.4. The van der Waals surface area contributed by atoms with Crippen molar-refractivity contribution in [1.82, 2.24) is 5.32 Å². The molecule has 0 saturated carbocycles. The number of hydrogen-bond acceptors (Lipinski definition) is 5. The zero-order valence-electron chi connectivity index (χ0n) is 11.1. The molecule has 0 rings (SSSR count). The highest BCUT2D eigenvalue weighted by Crippen LogP contribution is 2.03. The summed E-state index contributed by atoms with van der Waals surface area (Å²) >= 11 is 0. The molecule has 0 fully saturated rings. The van der Waals surface area contributed by atoms with Crippen molar-refractivity contribution >= 4 is 5.97 Å². The van der Waals surface area contributed by atoms with Gasteiger partial charge < -0.3 is 19.9 Å². The summed E-state index contributed by atoms with van der Waals surface area (Å²) in [6, 6.07) is 0.0983. The first-order chi connectivity index (χ1) is 8.10. The number of hydrogen-bond donors (Lipinski definition) is 2. The monoisotopic (exact) mass is 247 g/mol. The number of carbonyl (C=O) groups excluding carboxylic acids is 1. The third kappa shape index (κ3) is 10.2. The summed E-state index contributed by atoms with van der Waals surface area (Å²) < 4.78 is 9.85. The predicted octanol–water partition coefficient (Wildman–Crippen LogP) is 0.563. The lowest BCUT2D eigenvalue weighted by molar-refractivity contribution is -0.148. The molecule has 0 aromatic heterocycles. The van der Waals surface area contributed by atoms with E-state index in [-0.39, 0.29) is 25.2 Å². The van der Waals surface area contributed by atoms with E-state index in [9.17, 15) is 4.79 Å². The minimum absolute atomic E-state index is 0.0104. The maximum Gasteiger partial charge on any atom is 0.332 e. The first-order valence-electron chi connectivity index (χ1n) is 6.17. The summed E-state index contributed by atoms with van der Waals surface area (Å²) in [4.78, 5) is 10.9. The van der Waals surface area contributed by atoms with Gasteiger partial charge in [0, 0.05) is 12.6 Å². The maximum atomic E-state index is 10.9. The van der Waals surface area contributed by atoms with Crippen LogP contribution >= 0.6 is 0 Å². The number of aliphatic hydroxyl groups excluding tert-OH is 1. The van der Waals surface area contributed by atoms with Crippen molar-refractivity contribution in [2.24, 2.45) is 5.92 Å². The van der Waals surface area contributed by atoms with Gasteiger partial charge in [0.25, 0.3) is 0 Å². The number of aliphatic hydroxyl groups is 1. The Morgan fingerprint density at radius 2 is 2.12 bits per heavy atom. The molecule has 2 N–H and O–H groups in total. The van der Waals surface area contributed by atoms with Crippen molar-refractivity contribution in [3.8, 4) is 0 Å². The van der Waals surface area contributed by atoms with Crippen LogP contribution in [0.3, 0.4) is 0 Å². The fourth-order valence-electron chi connectivity index (χ4n) is 1.48. The lowest BCUT2D eigenvalue weighted by atomic mass is 10.0. The predicted molar refractivity (Wildman–Crippen MR) is 65.8 cm³/mol. The molecule has 0 radical (unpaired) electrons. The molecule has 0 aliphatic carbocycles. The van der Waals surface area contributed by atoms with Crippen molar-refractivity contribution in [3.05, 3.63) is 0 Å². The molecule has 0 aliphatic heterocycles. The van der Waals surface area contributed by atoms with E-state index in [1.807, 2.05) is 0 Å². The standard InChI is InChI=1S/C12H25NO4/c1-4-17-12(15)9-16-6-5-13-11(8-14)7-10(2)3/h10-11,13-14H,4-9H2,1-3H3. The smallest absolute Gasteiger partial charge is 0.332 e. The Morgan fingerprint density at radius 1 is 1.41 bits per heavy atom. The van der Waals surface area contributed by atoms with Gasteiger partial charge in [-0.25, -0.2) is 4.79 Å². The normalized spacial score (nSPS) is 12.8. The van der Waals surface area contributed by atoms with Crippen LogP contribution in [0.15, 0.2) is 0 Å². The number of rotatable bonds is 10. The van der Waals surface area contributed by atoms with E-state index in [4.69, 9.17) is 14.6 Å². The SMILES string of the molecule is CCOC(=O)COCCNC(CO)CC(C)C. The number of nitrogens with one attached hydrogen (secondary N) is 1. The summed E-state index contributed by atoms with van der Waals surface area (Å²) in [5.41, 5.74) is 0. The van der Waals surface area contributed by atoms with Crippen LogP contribution < -0.4 is 5.32 Å². The van der Waals surface area contributed by atoms with Crippen LogP contribution in [0, 0.1) is 5.92 Å². The number of esters is 1. The quantitative estimate of drug-likeness (QED) is 0.436. The molecule has 1 atom stereocenters.